The number of carbonyl (C=O) groups is 2. The SMILES string of the molecule is CC(=O)c1cc(C)c(O)c(Cc2[nH]c3cc(-c4ccc(C(F)(F)F)cc4)ccc3c2Cc2c(O)c(C)cc(C(C)=O)c2O)c1O. The van der Waals surface area contributed by atoms with E-state index in [0.717, 1.165) is 12.1 Å². The number of aromatic nitrogens is 1. The van der Waals surface area contributed by atoms with Crippen molar-refractivity contribution in [1.29, 1.82) is 0 Å². The number of phenolic OH excluding ortho intramolecular Hbond substituents is 4. The molecule has 4 aromatic carbocycles. The largest absolute Gasteiger partial charge is 0.507 e. The number of hydrogen-bond acceptors (Lipinski definition) is 6. The molecule has 5 aromatic rings. The van der Waals surface area contributed by atoms with Crippen LogP contribution in [0.3, 0.4) is 0 Å². The fourth-order valence-electron chi connectivity index (χ4n) is 5.65. The predicted molar refractivity (Wildman–Crippen MR) is 163 cm³/mol. The molecule has 0 amide bonds. The normalized spacial score (nSPS) is 11.7. The number of H-pyrrole nitrogens is 1. The lowest BCUT2D eigenvalue weighted by Gasteiger charge is -2.15. The van der Waals surface area contributed by atoms with Crippen LogP contribution in [0.1, 0.15) is 73.6 Å². The highest BCUT2D eigenvalue weighted by Crippen LogP contribution is 2.41. The summed E-state index contributed by atoms with van der Waals surface area (Å²) in [7, 11) is 0. The van der Waals surface area contributed by atoms with Gasteiger partial charge in [0.25, 0.3) is 0 Å². The quantitative estimate of drug-likeness (QED) is 0.118. The number of alkyl halides is 3. The van der Waals surface area contributed by atoms with Crippen LogP contribution in [0.25, 0.3) is 22.0 Å². The van der Waals surface area contributed by atoms with Gasteiger partial charge in [-0.2, -0.15) is 13.2 Å². The van der Waals surface area contributed by atoms with E-state index in [-0.39, 0.29) is 58.1 Å². The summed E-state index contributed by atoms with van der Waals surface area (Å²) in [6.45, 7) is 5.79. The Morgan fingerprint density at radius 3 is 1.64 bits per heavy atom. The van der Waals surface area contributed by atoms with E-state index in [1.807, 2.05) is 0 Å². The standard InChI is InChI=1S/C35H30F3NO6/c1-16-11-24(18(3)40)33(44)27(31(16)42)14-26-23-10-7-21(20-5-8-22(9-6-20)35(36,37)38)13-29(23)39-30(26)15-28-32(43)17(2)12-25(19(4)41)34(28)45/h5-13,39,42-45H,14-15H2,1-4H3. The number of carbonyl (C=O) groups excluding carboxylic acids is 2. The number of rotatable bonds is 7. The molecule has 0 unspecified atom stereocenters. The number of aromatic amines is 1. The average molecular weight is 618 g/mol. The molecule has 0 bridgehead atoms. The Kier molecular flexibility index (Phi) is 7.87. The first-order valence-corrected chi connectivity index (χ1v) is 14.0. The van der Waals surface area contributed by atoms with Crippen molar-refractivity contribution in [3.8, 4) is 34.1 Å². The summed E-state index contributed by atoms with van der Waals surface area (Å²) in [6, 6.07) is 12.7. The molecule has 0 aliphatic heterocycles. The number of aryl methyl sites for hydroxylation is 2. The van der Waals surface area contributed by atoms with Gasteiger partial charge < -0.3 is 25.4 Å². The molecule has 0 spiro atoms. The van der Waals surface area contributed by atoms with Crippen molar-refractivity contribution in [2.24, 2.45) is 0 Å². The van der Waals surface area contributed by atoms with Crippen molar-refractivity contribution in [3.05, 3.63) is 105 Å². The zero-order chi connectivity index (χ0) is 33.0. The molecule has 5 rings (SSSR count). The Hall–Kier alpha value is -5.25. The molecule has 0 saturated carbocycles. The number of ketones is 2. The summed E-state index contributed by atoms with van der Waals surface area (Å²) < 4.78 is 39.4. The minimum atomic E-state index is -4.48. The van der Waals surface area contributed by atoms with Crippen LogP contribution in [0, 0.1) is 13.8 Å². The molecular weight excluding hydrogens is 587 g/mol. The van der Waals surface area contributed by atoms with E-state index in [2.05, 4.69) is 4.98 Å². The molecule has 5 N–H and O–H groups in total. The van der Waals surface area contributed by atoms with Gasteiger partial charge in [-0.15, -0.1) is 0 Å². The Bertz CT molecular complexity index is 2010. The van der Waals surface area contributed by atoms with Gasteiger partial charge in [-0.05, 0) is 85.8 Å². The number of fused-ring (bicyclic) bond motifs is 1. The second-order valence-electron chi connectivity index (χ2n) is 11.2. The molecule has 232 valence electrons. The summed E-state index contributed by atoms with van der Waals surface area (Å²) in [5.74, 6) is -2.00. The lowest BCUT2D eigenvalue weighted by Crippen LogP contribution is -2.03. The summed E-state index contributed by atoms with van der Waals surface area (Å²) in [5.41, 5.74) is 2.91. The van der Waals surface area contributed by atoms with Gasteiger partial charge >= 0.3 is 6.18 Å². The van der Waals surface area contributed by atoms with Crippen molar-refractivity contribution < 1.29 is 43.2 Å². The maximum atomic E-state index is 13.1. The fraction of sp³-hybridized carbons (Fsp3) is 0.200. The fourth-order valence-corrected chi connectivity index (χ4v) is 5.65. The molecule has 0 saturated heterocycles. The van der Waals surface area contributed by atoms with Crippen LogP contribution in [0.2, 0.25) is 0 Å². The second kappa shape index (κ2) is 11.4. The van der Waals surface area contributed by atoms with Crippen molar-refractivity contribution in [3.63, 3.8) is 0 Å². The van der Waals surface area contributed by atoms with Gasteiger partial charge in [0, 0.05) is 40.6 Å². The van der Waals surface area contributed by atoms with E-state index in [1.54, 1.807) is 32.0 Å². The Balaban J connectivity index is 1.71. The zero-order valence-corrected chi connectivity index (χ0v) is 24.8. The van der Waals surface area contributed by atoms with Crippen LogP contribution >= 0.6 is 0 Å². The van der Waals surface area contributed by atoms with Gasteiger partial charge in [0.15, 0.2) is 11.6 Å². The van der Waals surface area contributed by atoms with Gasteiger partial charge in [-0.1, -0.05) is 24.3 Å². The van der Waals surface area contributed by atoms with Gasteiger partial charge in [-0.3, -0.25) is 9.59 Å². The van der Waals surface area contributed by atoms with E-state index in [1.165, 1.54) is 38.1 Å². The Morgan fingerprint density at radius 1 is 0.667 bits per heavy atom. The molecular formula is C35H30F3NO6. The molecule has 45 heavy (non-hydrogen) atoms. The minimum absolute atomic E-state index is 0.0302. The summed E-state index contributed by atoms with van der Waals surface area (Å²) in [5, 5.41) is 44.5. The first-order chi connectivity index (χ1) is 21.1. The lowest BCUT2D eigenvalue weighted by atomic mass is 9.92. The van der Waals surface area contributed by atoms with Crippen LogP contribution < -0.4 is 0 Å². The average Bonchev–Trinajstić information content (AvgIpc) is 3.32. The molecule has 0 aliphatic carbocycles. The number of Topliss-reactive ketones (excluding diaryl/α,β-unsaturated/α-hetero) is 2. The Morgan fingerprint density at radius 2 is 1.16 bits per heavy atom. The molecule has 1 heterocycles. The third kappa shape index (κ3) is 5.71. The first-order valence-electron chi connectivity index (χ1n) is 14.0. The number of halogens is 3. The van der Waals surface area contributed by atoms with Gasteiger partial charge in [0.2, 0.25) is 0 Å². The number of phenols is 4. The van der Waals surface area contributed by atoms with E-state index in [4.69, 9.17) is 0 Å². The van der Waals surface area contributed by atoms with E-state index >= 15 is 0 Å². The molecule has 0 fully saturated rings. The molecule has 1 aromatic heterocycles. The Labute approximate surface area is 256 Å². The first kappa shape index (κ1) is 31.2. The monoisotopic (exact) mass is 617 g/mol. The molecule has 7 nitrogen and oxygen atoms in total. The third-order valence-corrected chi connectivity index (χ3v) is 8.13. The molecule has 0 aliphatic rings. The predicted octanol–water partition coefficient (Wildman–Crippen LogP) is 7.88. The van der Waals surface area contributed by atoms with Crippen LogP contribution in [0.4, 0.5) is 13.2 Å². The van der Waals surface area contributed by atoms with Gasteiger partial charge in [-0.25, -0.2) is 0 Å². The van der Waals surface area contributed by atoms with Gasteiger partial charge in [0.1, 0.15) is 23.0 Å². The van der Waals surface area contributed by atoms with Crippen molar-refractivity contribution >= 4 is 22.5 Å². The number of aromatic hydroxyl groups is 4. The van der Waals surface area contributed by atoms with Crippen LogP contribution in [0.15, 0.2) is 54.6 Å². The van der Waals surface area contributed by atoms with E-state index in [9.17, 15) is 43.2 Å². The minimum Gasteiger partial charge on any atom is -0.507 e. The van der Waals surface area contributed by atoms with Crippen LogP contribution in [-0.2, 0) is 19.0 Å². The highest BCUT2D eigenvalue weighted by molar-refractivity contribution is 5.99. The number of nitrogens with one attached hydrogen (secondary N) is 1. The van der Waals surface area contributed by atoms with E-state index in [0.29, 0.717) is 44.4 Å². The molecule has 0 radical (unpaired) electrons. The highest BCUT2D eigenvalue weighted by atomic mass is 19.4. The smallest absolute Gasteiger partial charge is 0.416 e. The number of hydrogen-bond donors (Lipinski definition) is 5. The van der Waals surface area contributed by atoms with Crippen molar-refractivity contribution in [2.75, 3.05) is 0 Å². The zero-order valence-electron chi connectivity index (χ0n) is 24.8. The summed E-state index contributed by atoms with van der Waals surface area (Å²) >= 11 is 0. The molecule has 10 heteroatoms. The maximum Gasteiger partial charge on any atom is 0.416 e. The maximum absolute atomic E-state index is 13.1. The van der Waals surface area contributed by atoms with Crippen molar-refractivity contribution in [2.45, 2.75) is 46.7 Å². The topological polar surface area (TPSA) is 131 Å². The van der Waals surface area contributed by atoms with Crippen LogP contribution in [-0.4, -0.2) is 37.0 Å². The second-order valence-corrected chi connectivity index (χ2v) is 11.2. The van der Waals surface area contributed by atoms with E-state index < -0.39 is 23.3 Å². The summed E-state index contributed by atoms with van der Waals surface area (Å²) in [6.07, 6.45) is -4.64. The lowest BCUT2D eigenvalue weighted by molar-refractivity contribution is -0.137. The van der Waals surface area contributed by atoms with Crippen LogP contribution in [0.5, 0.6) is 23.0 Å². The van der Waals surface area contributed by atoms with Crippen molar-refractivity contribution in [1.82, 2.24) is 4.98 Å². The molecule has 0 atom stereocenters. The number of benzene rings is 4. The van der Waals surface area contributed by atoms with Gasteiger partial charge in [0.05, 0.1) is 16.7 Å². The highest BCUT2D eigenvalue weighted by Gasteiger charge is 2.30. The summed E-state index contributed by atoms with van der Waals surface area (Å²) in [4.78, 5) is 27.8. The third-order valence-electron chi connectivity index (χ3n) is 8.13.